The van der Waals surface area contributed by atoms with Gasteiger partial charge in [0.1, 0.15) is 0 Å². The van der Waals surface area contributed by atoms with Gasteiger partial charge in [-0.3, -0.25) is 4.40 Å². The lowest BCUT2D eigenvalue weighted by Crippen LogP contribution is -2.29. The van der Waals surface area contributed by atoms with Crippen LogP contribution in [0.1, 0.15) is 24.1 Å². The van der Waals surface area contributed by atoms with E-state index in [0.717, 1.165) is 23.1 Å². The maximum Gasteiger partial charge on any atom is 0.356 e. The van der Waals surface area contributed by atoms with Crippen LogP contribution in [0, 0.1) is 19.7 Å². The van der Waals surface area contributed by atoms with Crippen molar-refractivity contribution in [3.8, 4) is 22.8 Å². The Morgan fingerprint density at radius 1 is 1.14 bits per heavy atom. The van der Waals surface area contributed by atoms with Gasteiger partial charge in [0.15, 0.2) is 11.6 Å². The van der Waals surface area contributed by atoms with Gasteiger partial charge in [0.25, 0.3) is 5.95 Å². The predicted octanol–water partition coefficient (Wildman–Crippen LogP) is 3.24. The molecule has 146 valence electrons. The summed E-state index contributed by atoms with van der Waals surface area (Å²) < 4.78 is 23.6. The molecule has 0 aliphatic heterocycles. The fraction of sp³-hybridized carbons (Fsp3) is 0.238. The van der Waals surface area contributed by atoms with Crippen LogP contribution in [-0.2, 0) is 0 Å². The Morgan fingerprint density at radius 2 is 1.90 bits per heavy atom. The lowest BCUT2D eigenvalue weighted by Gasteiger charge is -2.10. The van der Waals surface area contributed by atoms with Crippen LogP contribution in [0.15, 0.2) is 47.7 Å². The van der Waals surface area contributed by atoms with E-state index in [1.807, 2.05) is 6.92 Å². The highest BCUT2D eigenvalue weighted by molar-refractivity contribution is 5.80. The van der Waals surface area contributed by atoms with Crippen molar-refractivity contribution in [2.45, 2.75) is 32.8 Å². The number of hydrogen-bond acceptors (Lipinski definition) is 5. The molecule has 1 aliphatic carbocycles. The SMILES string of the molecule is Cc1c(-c2cccc(OC3CC3)c2F)c(C)n2c(=O)n(-c3ncccn3)ncc12. The third kappa shape index (κ3) is 2.79. The van der Waals surface area contributed by atoms with E-state index in [1.165, 1.54) is 4.40 Å². The number of halogens is 1. The van der Waals surface area contributed by atoms with E-state index >= 15 is 4.39 Å². The standard InChI is InChI=1S/C21H18FN5O2/c1-12-16-11-25-27(20-23-9-4-10-24-20)21(28)26(16)13(2)18(12)15-5-3-6-17(19(15)22)29-14-7-8-14/h3-6,9-11,14H,7-8H2,1-2H3. The van der Waals surface area contributed by atoms with Gasteiger partial charge in [0, 0.05) is 29.2 Å². The first-order valence-electron chi connectivity index (χ1n) is 9.39. The molecule has 0 atom stereocenters. The highest BCUT2D eigenvalue weighted by Crippen LogP contribution is 2.37. The first kappa shape index (κ1) is 17.5. The van der Waals surface area contributed by atoms with Crippen LogP contribution >= 0.6 is 0 Å². The van der Waals surface area contributed by atoms with Gasteiger partial charge in [-0.05, 0) is 44.4 Å². The van der Waals surface area contributed by atoms with Crippen LogP contribution in [0.2, 0.25) is 0 Å². The van der Waals surface area contributed by atoms with Crippen molar-refractivity contribution in [2.24, 2.45) is 0 Å². The molecule has 0 bridgehead atoms. The molecule has 1 aromatic carbocycles. The molecular weight excluding hydrogens is 373 g/mol. The normalized spacial score (nSPS) is 13.8. The highest BCUT2D eigenvalue weighted by atomic mass is 19.1. The molecule has 8 heteroatoms. The van der Waals surface area contributed by atoms with Gasteiger partial charge >= 0.3 is 5.69 Å². The largest absolute Gasteiger partial charge is 0.487 e. The van der Waals surface area contributed by atoms with Gasteiger partial charge in [-0.25, -0.2) is 19.2 Å². The second-order valence-corrected chi connectivity index (χ2v) is 7.13. The molecule has 1 saturated carbocycles. The molecular formula is C21H18FN5O2. The average molecular weight is 391 g/mol. The molecule has 0 N–H and O–H groups in total. The molecule has 0 spiro atoms. The van der Waals surface area contributed by atoms with Gasteiger partial charge in [-0.15, -0.1) is 4.68 Å². The number of aryl methyl sites for hydroxylation is 2. The first-order chi connectivity index (χ1) is 14.1. The summed E-state index contributed by atoms with van der Waals surface area (Å²) in [5.74, 6) is 0.00572. The van der Waals surface area contributed by atoms with Gasteiger partial charge in [-0.1, -0.05) is 12.1 Å². The predicted molar refractivity (Wildman–Crippen MR) is 105 cm³/mol. The molecule has 1 fully saturated rings. The lowest BCUT2D eigenvalue weighted by atomic mass is 10.0. The Kier molecular flexibility index (Phi) is 3.94. The number of benzene rings is 1. The molecule has 5 rings (SSSR count). The average Bonchev–Trinajstić information content (AvgIpc) is 3.51. The summed E-state index contributed by atoms with van der Waals surface area (Å²) in [6.07, 6.45) is 6.65. The molecule has 4 aromatic rings. The van der Waals surface area contributed by atoms with Gasteiger partial charge in [0.2, 0.25) is 0 Å². The minimum atomic E-state index is -0.416. The van der Waals surface area contributed by atoms with Crippen LogP contribution in [0.25, 0.3) is 22.6 Å². The van der Waals surface area contributed by atoms with Crippen LogP contribution in [0.3, 0.4) is 0 Å². The molecule has 0 radical (unpaired) electrons. The van der Waals surface area contributed by atoms with Crippen LogP contribution < -0.4 is 10.4 Å². The zero-order valence-corrected chi connectivity index (χ0v) is 16.0. The summed E-state index contributed by atoms with van der Waals surface area (Å²) in [6.45, 7) is 3.65. The maximum absolute atomic E-state index is 15.2. The molecule has 3 aromatic heterocycles. The van der Waals surface area contributed by atoms with E-state index in [4.69, 9.17) is 4.74 Å². The highest BCUT2D eigenvalue weighted by Gasteiger charge is 2.27. The summed E-state index contributed by atoms with van der Waals surface area (Å²) in [5.41, 5.74) is 2.67. The van der Waals surface area contributed by atoms with Crippen molar-refractivity contribution in [1.29, 1.82) is 0 Å². The van der Waals surface area contributed by atoms with E-state index in [-0.39, 0.29) is 17.8 Å². The van der Waals surface area contributed by atoms with Crippen LogP contribution in [0.4, 0.5) is 4.39 Å². The molecule has 0 saturated heterocycles. The first-order valence-corrected chi connectivity index (χ1v) is 9.39. The van der Waals surface area contributed by atoms with Crippen molar-refractivity contribution in [1.82, 2.24) is 24.1 Å². The van der Waals surface area contributed by atoms with Gasteiger partial charge in [-0.2, -0.15) is 5.10 Å². The second kappa shape index (κ2) is 6.51. The maximum atomic E-state index is 15.2. The minimum absolute atomic E-state index is 0.0947. The molecule has 3 heterocycles. The van der Waals surface area contributed by atoms with Gasteiger partial charge in [0.05, 0.1) is 17.8 Å². The fourth-order valence-electron chi connectivity index (χ4n) is 3.61. The van der Waals surface area contributed by atoms with E-state index < -0.39 is 11.5 Å². The summed E-state index contributed by atoms with van der Waals surface area (Å²) in [6, 6.07) is 6.77. The molecule has 0 amide bonds. The third-order valence-electron chi connectivity index (χ3n) is 5.16. The minimum Gasteiger partial charge on any atom is -0.487 e. The fourth-order valence-corrected chi connectivity index (χ4v) is 3.61. The van der Waals surface area contributed by atoms with E-state index in [1.54, 1.807) is 49.8 Å². The molecule has 29 heavy (non-hydrogen) atoms. The zero-order chi connectivity index (χ0) is 20.1. The Hall–Kier alpha value is -3.55. The lowest BCUT2D eigenvalue weighted by molar-refractivity contribution is 0.288. The smallest absolute Gasteiger partial charge is 0.356 e. The van der Waals surface area contributed by atoms with Crippen LogP contribution in [-0.4, -0.2) is 30.3 Å². The second-order valence-electron chi connectivity index (χ2n) is 7.13. The number of nitrogens with zero attached hydrogens (tertiary/aromatic N) is 5. The van der Waals surface area contributed by atoms with Crippen molar-refractivity contribution in [2.75, 3.05) is 0 Å². The Labute approximate surface area is 165 Å². The van der Waals surface area contributed by atoms with E-state index in [2.05, 4.69) is 15.1 Å². The van der Waals surface area contributed by atoms with E-state index in [0.29, 0.717) is 22.3 Å². The molecule has 1 aliphatic rings. The van der Waals surface area contributed by atoms with Crippen molar-refractivity contribution in [3.63, 3.8) is 0 Å². The topological polar surface area (TPSA) is 74.3 Å². The summed E-state index contributed by atoms with van der Waals surface area (Å²) in [7, 11) is 0. The summed E-state index contributed by atoms with van der Waals surface area (Å²) in [5, 5.41) is 4.21. The number of ether oxygens (including phenoxy) is 1. The van der Waals surface area contributed by atoms with Crippen molar-refractivity contribution >= 4 is 5.52 Å². The quantitative estimate of drug-likeness (QED) is 0.534. The van der Waals surface area contributed by atoms with Gasteiger partial charge < -0.3 is 4.74 Å². The number of fused-ring (bicyclic) bond motifs is 1. The van der Waals surface area contributed by atoms with Crippen LogP contribution in [0.5, 0.6) is 5.75 Å². The summed E-state index contributed by atoms with van der Waals surface area (Å²) in [4.78, 5) is 21.3. The Balaban J connectivity index is 1.72. The Bertz CT molecular complexity index is 1290. The Morgan fingerprint density at radius 3 is 2.62 bits per heavy atom. The third-order valence-corrected chi connectivity index (χ3v) is 5.16. The van der Waals surface area contributed by atoms with Crippen molar-refractivity contribution in [3.05, 3.63) is 70.4 Å². The molecule has 0 unspecified atom stereocenters. The monoisotopic (exact) mass is 391 g/mol. The number of rotatable bonds is 4. The van der Waals surface area contributed by atoms with Crippen molar-refractivity contribution < 1.29 is 9.13 Å². The number of hydrogen-bond donors (Lipinski definition) is 0. The summed E-state index contributed by atoms with van der Waals surface area (Å²) >= 11 is 0. The number of aromatic nitrogens is 5. The zero-order valence-electron chi connectivity index (χ0n) is 16.0. The van der Waals surface area contributed by atoms with E-state index in [9.17, 15) is 4.79 Å². The molecule has 7 nitrogen and oxygen atoms in total.